The lowest BCUT2D eigenvalue weighted by atomic mass is 10.1. The number of Topliss-reactive ketones (excluding diaryl/α,β-unsaturated/α-hetero) is 1. The zero-order valence-corrected chi connectivity index (χ0v) is 15.6. The van der Waals surface area contributed by atoms with Gasteiger partial charge in [0.15, 0.2) is 17.3 Å². The summed E-state index contributed by atoms with van der Waals surface area (Å²) in [4.78, 5) is 32.0. The number of ether oxygens (including phenoxy) is 2. The third-order valence-corrected chi connectivity index (χ3v) is 4.34. The number of nitrogens with zero attached hydrogens (tertiary/aromatic N) is 2. The van der Waals surface area contributed by atoms with Crippen molar-refractivity contribution < 1.29 is 19.1 Å². The molecular formula is C21H18N4O4. The summed E-state index contributed by atoms with van der Waals surface area (Å²) in [5.74, 6) is 1.54. The fraction of sp³-hybridized carbons (Fsp3) is 0.143. The van der Waals surface area contributed by atoms with Crippen molar-refractivity contribution in [1.29, 1.82) is 0 Å². The highest BCUT2D eigenvalue weighted by molar-refractivity contribution is 5.94. The van der Waals surface area contributed by atoms with Gasteiger partial charge in [-0.25, -0.2) is 9.97 Å². The number of hydrogen-bond donors (Lipinski definition) is 2. The van der Waals surface area contributed by atoms with Crippen molar-refractivity contribution in [2.75, 3.05) is 12.1 Å². The Morgan fingerprint density at radius 3 is 2.52 bits per heavy atom. The van der Waals surface area contributed by atoms with Crippen LogP contribution in [0.3, 0.4) is 0 Å². The molecule has 1 aliphatic heterocycles. The molecule has 8 nitrogen and oxygen atoms in total. The summed E-state index contributed by atoms with van der Waals surface area (Å²) < 4.78 is 10.6. The molecule has 146 valence electrons. The van der Waals surface area contributed by atoms with Crippen LogP contribution < -0.4 is 20.1 Å². The van der Waals surface area contributed by atoms with E-state index in [1.165, 1.54) is 19.3 Å². The molecule has 2 heterocycles. The van der Waals surface area contributed by atoms with Gasteiger partial charge in [0.25, 0.3) is 5.91 Å². The first-order valence-corrected chi connectivity index (χ1v) is 8.95. The highest BCUT2D eigenvalue weighted by atomic mass is 16.7. The van der Waals surface area contributed by atoms with E-state index in [0.717, 1.165) is 11.3 Å². The van der Waals surface area contributed by atoms with Crippen molar-refractivity contribution in [3.05, 3.63) is 71.7 Å². The molecule has 8 heteroatoms. The number of rotatable bonds is 6. The van der Waals surface area contributed by atoms with Gasteiger partial charge in [-0.05, 0) is 48.9 Å². The maximum Gasteiger partial charge on any atom is 0.271 e. The molecular weight excluding hydrogens is 372 g/mol. The van der Waals surface area contributed by atoms with Crippen molar-refractivity contribution in [3.63, 3.8) is 0 Å². The van der Waals surface area contributed by atoms with E-state index in [4.69, 9.17) is 9.47 Å². The van der Waals surface area contributed by atoms with Gasteiger partial charge >= 0.3 is 0 Å². The van der Waals surface area contributed by atoms with Gasteiger partial charge < -0.3 is 20.1 Å². The maximum absolute atomic E-state index is 12.3. The fourth-order valence-corrected chi connectivity index (χ4v) is 2.77. The van der Waals surface area contributed by atoms with E-state index in [1.807, 2.05) is 18.2 Å². The zero-order chi connectivity index (χ0) is 20.2. The first-order chi connectivity index (χ1) is 14.1. The SMILES string of the molecule is CC(=O)c1ccc(Nc2cnc(C(=O)NCc3ccc4c(c3)OCO4)cn2)cc1. The lowest BCUT2D eigenvalue weighted by Gasteiger charge is -2.08. The van der Waals surface area contributed by atoms with Gasteiger partial charge in [0.05, 0.1) is 12.4 Å². The van der Waals surface area contributed by atoms with E-state index in [9.17, 15) is 9.59 Å². The average molecular weight is 390 g/mol. The van der Waals surface area contributed by atoms with Crippen LogP contribution in [0.25, 0.3) is 0 Å². The van der Waals surface area contributed by atoms with Gasteiger partial charge in [0.1, 0.15) is 11.5 Å². The van der Waals surface area contributed by atoms with Crippen LogP contribution >= 0.6 is 0 Å². The summed E-state index contributed by atoms with van der Waals surface area (Å²) in [6.07, 6.45) is 2.88. The van der Waals surface area contributed by atoms with Gasteiger partial charge in [0, 0.05) is 17.8 Å². The smallest absolute Gasteiger partial charge is 0.271 e. The van der Waals surface area contributed by atoms with Crippen molar-refractivity contribution in [2.24, 2.45) is 0 Å². The number of anilines is 2. The lowest BCUT2D eigenvalue weighted by Crippen LogP contribution is -2.24. The molecule has 1 aliphatic rings. The molecule has 29 heavy (non-hydrogen) atoms. The molecule has 0 radical (unpaired) electrons. The minimum absolute atomic E-state index is 0.00690. The Morgan fingerprint density at radius 2 is 1.79 bits per heavy atom. The number of carbonyl (C=O) groups is 2. The van der Waals surface area contributed by atoms with E-state index in [0.29, 0.717) is 29.4 Å². The normalized spacial score (nSPS) is 11.8. The summed E-state index contributed by atoms with van der Waals surface area (Å²) in [6.45, 7) is 2.06. The zero-order valence-electron chi connectivity index (χ0n) is 15.6. The van der Waals surface area contributed by atoms with Crippen molar-refractivity contribution in [3.8, 4) is 11.5 Å². The molecule has 4 rings (SSSR count). The van der Waals surface area contributed by atoms with Crippen molar-refractivity contribution in [1.82, 2.24) is 15.3 Å². The molecule has 1 amide bonds. The molecule has 2 aromatic carbocycles. The maximum atomic E-state index is 12.3. The molecule has 0 bridgehead atoms. The molecule has 3 aromatic rings. The molecule has 1 aromatic heterocycles. The first-order valence-electron chi connectivity index (χ1n) is 8.95. The third kappa shape index (κ3) is 4.32. The Labute approximate surface area is 166 Å². The Bertz CT molecular complexity index is 1050. The predicted molar refractivity (Wildman–Crippen MR) is 105 cm³/mol. The van der Waals surface area contributed by atoms with Crippen LogP contribution in [0.15, 0.2) is 54.9 Å². The van der Waals surface area contributed by atoms with Crippen LogP contribution in [-0.4, -0.2) is 28.5 Å². The average Bonchev–Trinajstić information content (AvgIpc) is 3.21. The summed E-state index contributed by atoms with van der Waals surface area (Å²) in [6, 6.07) is 12.5. The molecule has 0 aliphatic carbocycles. The molecule has 0 spiro atoms. The van der Waals surface area contributed by atoms with Crippen molar-refractivity contribution >= 4 is 23.2 Å². The standard InChI is InChI=1S/C21H18N4O4/c1-13(26)15-3-5-16(6-4-15)25-20-11-22-17(10-23-20)21(27)24-9-14-2-7-18-19(8-14)29-12-28-18/h2-8,10-11H,9,12H2,1H3,(H,23,25)(H,24,27). The Kier molecular flexibility index (Phi) is 5.07. The van der Waals surface area contributed by atoms with E-state index in [1.54, 1.807) is 24.3 Å². The van der Waals surface area contributed by atoms with Crippen LogP contribution in [0, 0.1) is 0 Å². The highest BCUT2D eigenvalue weighted by Crippen LogP contribution is 2.32. The number of hydrogen-bond acceptors (Lipinski definition) is 7. The summed E-state index contributed by atoms with van der Waals surface area (Å²) in [7, 11) is 0. The van der Waals surface area contributed by atoms with E-state index in [-0.39, 0.29) is 24.2 Å². The van der Waals surface area contributed by atoms with Gasteiger partial charge in [0.2, 0.25) is 6.79 Å². The van der Waals surface area contributed by atoms with E-state index < -0.39 is 0 Å². The highest BCUT2D eigenvalue weighted by Gasteiger charge is 2.14. The predicted octanol–water partition coefficient (Wildman–Crippen LogP) is 3.08. The number of nitrogens with one attached hydrogen (secondary N) is 2. The monoisotopic (exact) mass is 390 g/mol. The van der Waals surface area contributed by atoms with Gasteiger partial charge in [-0.3, -0.25) is 9.59 Å². The minimum Gasteiger partial charge on any atom is -0.454 e. The van der Waals surface area contributed by atoms with Crippen LogP contribution in [0.1, 0.15) is 33.3 Å². The number of fused-ring (bicyclic) bond motifs is 1. The van der Waals surface area contributed by atoms with Crippen LogP contribution in [0.5, 0.6) is 11.5 Å². The second-order valence-corrected chi connectivity index (χ2v) is 6.42. The number of amides is 1. The van der Waals surface area contributed by atoms with Gasteiger partial charge in [-0.2, -0.15) is 0 Å². The van der Waals surface area contributed by atoms with E-state index in [2.05, 4.69) is 20.6 Å². The Hall–Kier alpha value is -3.94. The molecule has 0 saturated heterocycles. The molecule has 0 fully saturated rings. The van der Waals surface area contributed by atoms with Crippen LogP contribution in [0.4, 0.5) is 11.5 Å². The third-order valence-electron chi connectivity index (χ3n) is 4.34. The number of carbonyl (C=O) groups excluding carboxylic acids is 2. The number of benzene rings is 2. The molecule has 2 N–H and O–H groups in total. The fourth-order valence-electron chi connectivity index (χ4n) is 2.77. The number of ketones is 1. The largest absolute Gasteiger partial charge is 0.454 e. The lowest BCUT2D eigenvalue weighted by molar-refractivity contribution is 0.0944. The molecule has 0 saturated carbocycles. The number of aromatic nitrogens is 2. The van der Waals surface area contributed by atoms with E-state index >= 15 is 0 Å². The topological polar surface area (TPSA) is 102 Å². The molecule has 0 atom stereocenters. The second kappa shape index (κ2) is 7.97. The van der Waals surface area contributed by atoms with Gasteiger partial charge in [-0.1, -0.05) is 6.07 Å². The minimum atomic E-state index is -0.326. The Morgan fingerprint density at radius 1 is 1.00 bits per heavy atom. The Balaban J connectivity index is 1.34. The van der Waals surface area contributed by atoms with Crippen molar-refractivity contribution in [2.45, 2.75) is 13.5 Å². The quantitative estimate of drug-likeness (QED) is 0.624. The molecule has 0 unspecified atom stereocenters. The summed E-state index contributed by atoms with van der Waals surface area (Å²) in [5, 5.41) is 5.88. The summed E-state index contributed by atoms with van der Waals surface area (Å²) >= 11 is 0. The summed E-state index contributed by atoms with van der Waals surface area (Å²) in [5.41, 5.74) is 2.51. The first kappa shape index (κ1) is 18.4. The van der Waals surface area contributed by atoms with Crippen LogP contribution in [-0.2, 0) is 6.54 Å². The van der Waals surface area contributed by atoms with Gasteiger partial charge in [-0.15, -0.1) is 0 Å². The van der Waals surface area contributed by atoms with Crippen LogP contribution in [0.2, 0.25) is 0 Å². The second-order valence-electron chi connectivity index (χ2n) is 6.42.